The molecule has 0 fully saturated rings. The number of aryl methyl sites for hydroxylation is 1. The molecule has 0 aliphatic carbocycles. The van der Waals surface area contributed by atoms with Crippen LogP contribution in [0, 0.1) is 0 Å². The summed E-state index contributed by atoms with van der Waals surface area (Å²) in [7, 11) is 0. The molecule has 1 rings (SSSR count). The summed E-state index contributed by atoms with van der Waals surface area (Å²) in [6.45, 7) is 5.95. The zero-order valence-electron chi connectivity index (χ0n) is 9.27. The van der Waals surface area contributed by atoms with Crippen molar-refractivity contribution in [2.75, 3.05) is 0 Å². The Morgan fingerprint density at radius 2 is 2.13 bits per heavy atom. The fourth-order valence-corrected chi connectivity index (χ4v) is 1.03. The molecule has 0 unspecified atom stereocenters. The predicted molar refractivity (Wildman–Crippen MR) is 53.4 cm³/mol. The third kappa shape index (κ3) is 3.65. The van der Waals surface area contributed by atoms with Gasteiger partial charge in [0.1, 0.15) is 0 Å². The van der Waals surface area contributed by atoms with Gasteiger partial charge in [-0.05, 0) is 32.4 Å². The van der Waals surface area contributed by atoms with E-state index in [4.69, 9.17) is 5.11 Å². The van der Waals surface area contributed by atoms with Gasteiger partial charge < -0.3 is 5.11 Å². The average molecular weight is 212 g/mol. The van der Waals surface area contributed by atoms with Crippen LogP contribution in [-0.2, 0) is 16.8 Å². The first kappa shape index (κ1) is 11.6. The van der Waals surface area contributed by atoms with E-state index in [0.717, 1.165) is 0 Å². The lowest BCUT2D eigenvalue weighted by Crippen LogP contribution is -2.24. The highest BCUT2D eigenvalue weighted by Gasteiger charge is 2.16. The molecule has 0 saturated heterocycles. The molecule has 1 heterocycles. The highest BCUT2D eigenvalue weighted by molar-refractivity contribution is 5.66. The minimum Gasteiger partial charge on any atom is -0.481 e. The van der Waals surface area contributed by atoms with Crippen LogP contribution in [-0.4, -0.2) is 31.3 Å². The fourth-order valence-electron chi connectivity index (χ4n) is 1.03. The second-order valence-electron chi connectivity index (χ2n) is 4.41. The Hall–Kier alpha value is -1.46. The summed E-state index contributed by atoms with van der Waals surface area (Å²) in [6, 6.07) is 0. The molecule has 6 heteroatoms. The van der Waals surface area contributed by atoms with Crippen LogP contribution in [0.4, 0.5) is 0 Å². The normalized spacial score (nSPS) is 11.7. The van der Waals surface area contributed by atoms with Gasteiger partial charge in [0.2, 0.25) is 0 Å². The predicted octanol–water partition coefficient (Wildman–Crippen LogP) is 0.835. The van der Waals surface area contributed by atoms with E-state index in [-0.39, 0.29) is 12.0 Å². The summed E-state index contributed by atoms with van der Waals surface area (Å²) in [6.07, 6.45) is 1.25. The quantitative estimate of drug-likeness (QED) is 0.799. The maximum atomic E-state index is 10.3. The number of carboxylic acids is 1. The van der Waals surface area contributed by atoms with Crippen LogP contribution in [0.3, 0.4) is 0 Å². The van der Waals surface area contributed by atoms with Gasteiger partial charge in [0.05, 0.1) is 5.54 Å². The van der Waals surface area contributed by atoms with E-state index < -0.39 is 5.97 Å². The van der Waals surface area contributed by atoms with Crippen molar-refractivity contribution in [3.05, 3.63) is 5.82 Å². The average Bonchev–Trinajstić information content (AvgIpc) is 2.51. The lowest BCUT2D eigenvalue weighted by Gasteiger charge is -2.15. The molecule has 1 N–H and O–H groups in total. The van der Waals surface area contributed by atoms with Crippen molar-refractivity contribution >= 4 is 5.97 Å². The molecule has 0 saturated carbocycles. The second kappa shape index (κ2) is 4.37. The van der Waals surface area contributed by atoms with Crippen LogP contribution in [0.2, 0.25) is 0 Å². The van der Waals surface area contributed by atoms with Crippen LogP contribution >= 0.6 is 0 Å². The number of aromatic nitrogens is 4. The minimum atomic E-state index is -0.793. The van der Waals surface area contributed by atoms with E-state index in [1.807, 2.05) is 20.8 Å². The van der Waals surface area contributed by atoms with Crippen molar-refractivity contribution in [2.45, 2.75) is 45.6 Å². The largest absolute Gasteiger partial charge is 0.481 e. The van der Waals surface area contributed by atoms with Crippen LogP contribution in [0.25, 0.3) is 0 Å². The topological polar surface area (TPSA) is 80.9 Å². The molecule has 0 aliphatic rings. The molecule has 0 amide bonds. The van der Waals surface area contributed by atoms with Crippen molar-refractivity contribution in [3.8, 4) is 0 Å². The number of carboxylic acid groups (broad SMARTS) is 1. The maximum absolute atomic E-state index is 10.3. The molecular formula is C9H16N4O2. The van der Waals surface area contributed by atoms with E-state index in [0.29, 0.717) is 18.7 Å². The molecule has 1 aromatic rings. The Morgan fingerprint density at radius 1 is 1.47 bits per heavy atom. The molecule has 6 nitrogen and oxygen atoms in total. The van der Waals surface area contributed by atoms with Crippen molar-refractivity contribution in [1.29, 1.82) is 0 Å². The third-order valence-corrected chi connectivity index (χ3v) is 1.85. The fraction of sp³-hybridized carbons (Fsp3) is 0.778. The molecular weight excluding hydrogens is 196 g/mol. The molecule has 15 heavy (non-hydrogen) atoms. The number of rotatable bonds is 4. The Kier molecular flexibility index (Phi) is 3.39. The maximum Gasteiger partial charge on any atom is 0.303 e. The summed E-state index contributed by atoms with van der Waals surface area (Å²) in [4.78, 5) is 11.8. The van der Waals surface area contributed by atoms with Crippen LogP contribution < -0.4 is 0 Å². The van der Waals surface area contributed by atoms with Crippen LogP contribution in [0.15, 0.2) is 0 Å². The molecule has 0 radical (unpaired) electrons. The van der Waals surface area contributed by atoms with E-state index in [2.05, 4.69) is 15.4 Å². The van der Waals surface area contributed by atoms with Gasteiger partial charge in [0.25, 0.3) is 0 Å². The Bertz CT molecular complexity index is 340. The summed E-state index contributed by atoms with van der Waals surface area (Å²) >= 11 is 0. The summed E-state index contributed by atoms with van der Waals surface area (Å²) < 4.78 is 0. The van der Waals surface area contributed by atoms with Crippen LogP contribution in [0.5, 0.6) is 0 Å². The van der Waals surface area contributed by atoms with Gasteiger partial charge in [-0.2, -0.15) is 4.80 Å². The van der Waals surface area contributed by atoms with E-state index in [1.54, 1.807) is 4.80 Å². The summed E-state index contributed by atoms with van der Waals surface area (Å²) in [5.74, 6) is -0.190. The lowest BCUT2D eigenvalue weighted by atomic mass is 10.1. The smallest absolute Gasteiger partial charge is 0.303 e. The van der Waals surface area contributed by atoms with Crippen molar-refractivity contribution in [2.24, 2.45) is 0 Å². The molecule has 0 atom stereocenters. The molecule has 0 spiro atoms. The minimum absolute atomic E-state index is 0.143. The second-order valence-corrected chi connectivity index (χ2v) is 4.41. The molecule has 1 aromatic heterocycles. The van der Waals surface area contributed by atoms with Gasteiger partial charge in [0, 0.05) is 12.8 Å². The van der Waals surface area contributed by atoms with E-state index in [1.165, 1.54) is 0 Å². The first-order valence-corrected chi connectivity index (χ1v) is 4.91. The van der Waals surface area contributed by atoms with Crippen molar-refractivity contribution in [1.82, 2.24) is 20.2 Å². The molecule has 0 aromatic carbocycles. The monoisotopic (exact) mass is 212 g/mol. The molecule has 0 bridgehead atoms. The number of aliphatic carboxylic acids is 1. The van der Waals surface area contributed by atoms with Gasteiger partial charge >= 0.3 is 5.97 Å². The lowest BCUT2D eigenvalue weighted by molar-refractivity contribution is -0.137. The van der Waals surface area contributed by atoms with Gasteiger partial charge in [-0.3, -0.25) is 4.79 Å². The number of hydrogen-bond acceptors (Lipinski definition) is 4. The number of tetrazole rings is 1. The first-order valence-electron chi connectivity index (χ1n) is 4.91. The summed E-state index contributed by atoms with van der Waals surface area (Å²) in [5.41, 5.74) is -0.182. The van der Waals surface area contributed by atoms with Gasteiger partial charge in [-0.15, -0.1) is 10.2 Å². The Balaban J connectivity index is 2.50. The highest BCUT2D eigenvalue weighted by atomic mass is 16.4. The Morgan fingerprint density at radius 3 is 2.60 bits per heavy atom. The zero-order chi connectivity index (χ0) is 11.5. The standard InChI is InChI=1S/C9H16N4O2/c1-9(2,3)13-11-7(10-12-13)5-4-6-8(14)15/h4-6H2,1-3H3,(H,14,15). The third-order valence-electron chi connectivity index (χ3n) is 1.85. The first-order chi connectivity index (χ1) is 6.89. The highest BCUT2D eigenvalue weighted by Crippen LogP contribution is 2.09. The number of nitrogens with zero attached hydrogens (tertiary/aromatic N) is 4. The van der Waals surface area contributed by atoms with Crippen molar-refractivity contribution in [3.63, 3.8) is 0 Å². The van der Waals surface area contributed by atoms with Crippen molar-refractivity contribution < 1.29 is 9.90 Å². The SMILES string of the molecule is CC(C)(C)n1nnc(CCCC(=O)O)n1. The van der Waals surface area contributed by atoms with Crippen LogP contribution in [0.1, 0.15) is 39.4 Å². The number of carbonyl (C=O) groups is 1. The van der Waals surface area contributed by atoms with Gasteiger partial charge in [-0.1, -0.05) is 0 Å². The summed E-state index contributed by atoms with van der Waals surface area (Å²) in [5, 5.41) is 20.4. The van der Waals surface area contributed by atoms with Gasteiger partial charge in [-0.25, -0.2) is 0 Å². The van der Waals surface area contributed by atoms with E-state index in [9.17, 15) is 4.79 Å². The zero-order valence-corrected chi connectivity index (χ0v) is 9.27. The van der Waals surface area contributed by atoms with Gasteiger partial charge in [0.15, 0.2) is 5.82 Å². The number of hydrogen-bond donors (Lipinski definition) is 1. The Labute approximate surface area is 88.3 Å². The van der Waals surface area contributed by atoms with E-state index >= 15 is 0 Å². The molecule has 84 valence electrons. The molecule has 0 aliphatic heterocycles.